The maximum absolute atomic E-state index is 14.2. The molecule has 3 heterocycles. The van der Waals surface area contributed by atoms with Crippen molar-refractivity contribution in [3.8, 4) is 11.5 Å². The van der Waals surface area contributed by atoms with E-state index < -0.39 is 56.7 Å². The Morgan fingerprint density at radius 1 is 0.791 bits per heavy atom. The molecule has 0 radical (unpaired) electrons. The van der Waals surface area contributed by atoms with Gasteiger partial charge in [0.1, 0.15) is 25.5 Å². The molecule has 0 spiro atoms. The zero-order valence-electron chi connectivity index (χ0n) is 36.7. The predicted octanol–water partition coefficient (Wildman–Crippen LogP) is 5.83. The lowest BCUT2D eigenvalue weighted by atomic mass is 9.79. The van der Waals surface area contributed by atoms with Crippen molar-refractivity contribution in [3.63, 3.8) is 0 Å². The van der Waals surface area contributed by atoms with Crippen molar-refractivity contribution in [3.05, 3.63) is 154 Å². The van der Waals surface area contributed by atoms with Gasteiger partial charge in [0.25, 0.3) is 17.1 Å². The molecule has 1 N–H and O–H groups in total. The Bertz CT molecular complexity index is 2620. The molecule has 7 rings (SSSR count). The fraction of sp³-hybridized carbons (Fsp3) is 0.348. The smallest absolute Gasteiger partial charge is 0.356 e. The normalized spacial score (nSPS) is 20.4. The number of carbonyl (C=O) groups excluding carboxylic acids is 4. The molecule has 0 aromatic heterocycles. The third-order valence-electron chi connectivity index (χ3n) is 11.9. The van der Waals surface area contributed by atoms with E-state index in [-0.39, 0.29) is 96.1 Å². The Morgan fingerprint density at radius 2 is 1.30 bits per heavy atom. The van der Waals surface area contributed by atoms with E-state index in [4.69, 9.17) is 14.2 Å². The third-order valence-corrected chi connectivity index (χ3v) is 13.4. The zero-order chi connectivity index (χ0) is 48.3. The van der Waals surface area contributed by atoms with Crippen LogP contribution in [0.2, 0.25) is 0 Å². The molecule has 20 nitrogen and oxygen atoms in total. The summed E-state index contributed by atoms with van der Waals surface area (Å²) >= 11 is 1.32. The van der Waals surface area contributed by atoms with Gasteiger partial charge in [-0.3, -0.25) is 49.6 Å². The Balaban J connectivity index is 1.11. The number of thioether (sulfide) groups is 1. The van der Waals surface area contributed by atoms with Gasteiger partial charge in [-0.05, 0) is 84.6 Å². The van der Waals surface area contributed by atoms with Crippen molar-refractivity contribution < 1.29 is 53.3 Å². The van der Waals surface area contributed by atoms with E-state index in [0.29, 0.717) is 21.6 Å². The van der Waals surface area contributed by atoms with Gasteiger partial charge >= 0.3 is 5.97 Å². The van der Waals surface area contributed by atoms with Crippen molar-refractivity contribution in [2.75, 3.05) is 27.2 Å². The van der Waals surface area contributed by atoms with Crippen LogP contribution in [0.1, 0.15) is 47.3 Å². The fourth-order valence-electron chi connectivity index (χ4n) is 8.40. The molecule has 0 aliphatic carbocycles. The monoisotopic (exact) mass is 938 g/mol. The first-order valence-corrected chi connectivity index (χ1v) is 22.0. The second-order valence-corrected chi connectivity index (χ2v) is 18.0. The molecule has 2 fully saturated rings. The van der Waals surface area contributed by atoms with Crippen LogP contribution < -0.4 is 9.47 Å². The minimum Gasteiger partial charge on any atom is -0.485 e. The number of nitro groups is 3. The Hall–Kier alpha value is -7.23. The molecular weight excluding hydrogens is 893 g/mol. The summed E-state index contributed by atoms with van der Waals surface area (Å²) in [6.07, 6.45) is -0.703. The second kappa shape index (κ2) is 20.1. The van der Waals surface area contributed by atoms with Crippen LogP contribution in [-0.2, 0) is 38.9 Å². The quantitative estimate of drug-likeness (QED) is 0.0381. The summed E-state index contributed by atoms with van der Waals surface area (Å²) in [6.45, 7) is 3.15. The number of likely N-dealkylation sites (N-methyl/N-ethyl adjacent to an activating group) is 1. The van der Waals surface area contributed by atoms with Gasteiger partial charge in [-0.1, -0.05) is 6.92 Å². The minimum atomic E-state index is -0.989. The fourth-order valence-corrected chi connectivity index (χ4v) is 9.95. The molecule has 0 saturated carbocycles. The number of aliphatic hydroxyl groups is 1. The summed E-state index contributed by atoms with van der Waals surface area (Å²) in [5.41, 5.74) is 1.65. The second-order valence-electron chi connectivity index (χ2n) is 16.6. The van der Waals surface area contributed by atoms with Gasteiger partial charge in [0.05, 0.1) is 45.4 Å². The zero-order valence-corrected chi connectivity index (χ0v) is 37.5. The number of ether oxygens (including phenoxy) is 3. The molecule has 4 aromatic carbocycles. The number of hydrogen-bond donors (Lipinski definition) is 1. The van der Waals surface area contributed by atoms with Crippen LogP contribution in [0.3, 0.4) is 0 Å². The average Bonchev–Trinajstić information content (AvgIpc) is 3.81. The Morgan fingerprint density at radius 3 is 1.79 bits per heavy atom. The van der Waals surface area contributed by atoms with Crippen LogP contribution >= 0.6 is 11.8 Å². The number of amides is 2. The Kier molecular flexibility index (Phi) is 14.3. The van der Waals surface area contributed by atoms with E-state index >= 15 is 0 Å². The SMILES string of the molecule is C[C@@H](O)[C@H]1C(=O)N2C(C(=O)OCc3ccc([N+](=O)[O-])cc3)=C(S[C@H]3C[C@@H](C(=O)N(C)C)N(CC(=O)c4ccc(OCc5ccc([N+](=O)[O-])cc5)c(OCc5ccc([N+](=O)[O-])cc5)c4)C3)[C@H](C)[C@H]12. The number of non-ortho nitro benzene ring substituents is 3. The summed E-state index contributed by atoms with van der Waals surface area (Å²) in [6, 6.07) is 20.4. The number of likely N-dealkylation sites (tertiary alicyclic amines) is 1. The number of nitrogens with zero attached hydrogens (tertiary/aromatic N) is 6. The highest BCUT2D eigenvalue weighted by Gasteiger charge is 2.60. The standard InChI is InChI=1S/C46H46N6O14S/c1-26-41-40(27(2)53)45(56)49(41)42(46(57)66-25-30-9-16-34(17-10-30)52(62)63)43(26)67-35-20-36(44(55)47(3)4)48(21-35)22-37(54)31-11-18-38(64-23-28-5-12-32(13-6-28)50(58)59)39(19-31)65-24-29-7-14-33(15-8-29)51(60)61/h5-19,26-27,35-36,40-41,53H,20-25H2,1-4H3/t26-,27-,35+,36+,40-,41-/m1/s1. The highest BCUT2D eigenvalue weighted by molar-refractivity contribution is 8.03. The topological polar surface area (TPSA) is 255 Å². The van der Waals surface area contributed by atoms with Crippen molar-refractivity contribution in [1.29, 1.82) is 0 Å². The van der Waals surface area contributed by atoms with E-state index in [1.54, 1.807) is 43.3 Å². The van der Waals surface area contributed by atoms with Crippen LogP contribution in [0.25, 0.3) is 0 Å². The van der Waals surface area contributed by atoms with Crippen LogP contribution in [0, 0.1) is 42.2 Å². The third kappa shape index (κ3) is 10.4. The number of hydrogen-bond acceptors (Lipinski definition) is 16. The van der Waals surface area contributed by atoms with E-state index in [0.717, 1.165) is 0 Å². The van der Waals surface area contributed by atoms with Crippen LogP contribution in [-0.4, -0.2) is 109 Å². The molecule has 67 heavy (non-hydrogen) atoms. The number of fused-ring (bicyclic) bond motifs is 1. The predicted molar refractivity (Wildman–Crippen MR) is 241 cm³/mol. The van der Waals surface area contributed by atoms with E-state index in [9.17, 15) is 54.6 Å². The number of esters is 1. The lowest BCUT2D eigenvalue weighted by Gasteiger charge is -2.46. The van der Waals surface area contributed by atoms with Crippen molar-refractivity contribution >= 4 is 52.4 Å². The van der Waals surface area contributed by atoms with Crippen molar-refractivity contribution in [1.82, 2.24) is 14.7 Å². The minimum absolute atomic E-state index is 0.000955. The van der Waals surface area contributed by atoms with Gasteiger partial charge in [-0.25, -0.2) is 4.79 Å². The van der Waals surface area contributed by atoms with Gasteiger partial charge in [0.2, 0.25) is 11.8 Å². The molecule has 4 aromatic rings. The summed E-state index contributed by atoms with van der Waals surface area (Å²) in [5.74, 6) is -2.55. The first kappa shape index (κ1) is 47.7. The Labute approximate surface area is 387 Å². The molecular formula is C46H46N6O14S. The maximum atomic E-state index is 14.2. The molecule has 0 unspecified atom stereocenters. The van der Waals surface area contributed by atoms with E-state index in [1.807, 2.05) is 6.92 Å². The van der Waals surface area contributed by atoms with Gasteiger partial charge in [0.15, 0.2) is 17.3 Å². The molecule has 6 atom stereocenters. The van der Waals surface area contributed by atoms with Crippen molar-refractivity contribution in [2.45, 2.75) is 63.5 Å². The number of nitro benzene ring substituents is 3. The maximum Gasteiger partial charge on any atom is 0.356 e. The van der Waals surface area contributed by atoms with E-state index in [1.165, 1.54) is 95.2 Å². The van der Waals surface area contributed by atoms with Crippen LogP contribution in [0.4, 0.5) is 17.1 Å². The van der Waals surface area contributed by atoms with Gasteiger partial charge in [0, 0.05) is 78.7 Å². The molecule has 2 amide bonds. The first-order chi connectivity index (χ1) is 31.9. The molecule has 3 aliphatic heterocycles. The molecule has 3 aliphatic rings. The highest BCUT2D eigenvalue weighted by atomic mass is 32.2. The number of Topliss-reactive ketones (excluding diaryl/α,β-unsaturated/α-hetero) is 1. The number of ketones is 1. The summed E-state index contributed by atoms with van der Waals surface area (Å²) < 4.78 is 17.9. The van der Waals surface area contributed by atoms with Crippen molar-refractivity contribution in [2.24, 2.45) is 11.8 Å². The number of benzene rings is 4. The van der Waals surface area contributed by atoms with Crippen LogP contribution in [0.15, 0.2) is 102 Å². The average molecular weight is 939 g/mol. The number of carbonyl (C=O) groups is 4. The summed E-state index contributed by atoms with van der Waals surface area (Å²) in [7, 11) is 3.22. The molecule has 0 bridgehead atoms. The highest BCUT2D eigenvalue weighted by Crippen LogP contribution is 2.52. The van der Waals surface area contributed by atoms with Gasteiger partial charge in [-0.2, -0.15) is 0 Å². The largest absolute Gasteiger partial charge is 0.485 e. The number of β-lactam (4-membered cyclic amide) rings is 1. The lowest BCUT2D eigenvalue weighted by Crippen LogP contribution is -2.63. The van der Waals surface area contributed by atoms with Gasteiger partial charge in [-0.15, -0.1) is 11.8 Å². The van der Waals surface area contributed by atoms with Crippen LogP contribution in [0.5, 0.6) is 11.5 Å². The molecule has 350 valence electrons. The number of rotatable bonds is 19. The molecule has 21 heteroatoms. The summed E-state index contributed by atoms with van der Waals surface area (Å²) in [5, 5.41) is 43.7. The number of aliphatic hydroxyl groups excluding tert-OH is 1. The van der Waals surface area contributed by atoms with E-state index in [2.05, 4.69) is 0 Å². The first-order valence-electron chi connectivity index (χ1n) is 21.1. The summed E-state index contributed by atoms with van der Waals surface area (Å²) in [4.78, 5) is 92.3. The lowest BCUT2D eigenvalue weighted by molar-refractivity contribution is -0.385. The molecule has 2 saturated heterocycles. The van der Waals surface area contributed by atoms with Gasteiger partial charge < -0.3 is 29.1 Å².